The second-order valence-electron chi connectivity index (χ2n) is 2.95. The van der Waals surface area contributed by atoms with Gasteiger partial charge in [0.2, 0.25) is 0 Å². The van der Waals surface area contributed by atoms with Gasteiger partial charge in [-0.3, -0.25) is 0 Å². The molecule has 0 spiro atoms. The Hall–Kier alpha value is -0.780. The van der Waals surface area contributed by atoms with Crippen molar-refractivity contribution in [2.75, 3.05) is 0 Å². The SMILES string of the molecule is OC(CCc1cccs1)c1cnns1. The zero-order valence-electron chi connectivity index (χ0n) is 7.46. The smallest absolute Gasteiger partial charge is 0.0917 e. The van der Waals surface area contributed by atoms with E-state index >= 15 is 0 Å². The minimum atomic E-state index is -0.419. The quantitative estimate of drug-likeness (QED) is 0.870. The van der Waals surface area contributed by atoms with Crippen molar-refractivity contribution in [3.05, 3.63) is 33.5 Å². The molecule has 2 heterocycles. The Balaban J connectivity index is 1.87. The van der Waals surface area contributed by atoms with Crippen LogP contribution in [0.3, 0.4) is 0 Å². The Morgan fingerprint density at radius 1 is 1.50 bits per heavy atom. The van der Waals surface area contributed by atoms with Crippen molar-refractivity contribution in [1.29, 1.82) is 0 Å². The molecule has 0 amide bonds. The van der Waals surface area contributed by atoms with Gasteiger partial charge in [0, 0.05) is 4.88 Å². The summed E-state index contributed by atoms with van der Waals surface area (Å²) >= 11 is 2.98. The van der Waals surface area contributed by atoms with Gasteiger partial charge < -0.3 is 5.11 Å². The molecule has 0 saturated carbocycles. The molecule has 0 aliphatic carbocycles. The third-order valence-corrected chi connectivity index (χ3v) is 3.65. The molecule has 0 radical (unpaired) electrons. The molecular formula is C9H10N2OS2. The summed E-state index contributed by atoms with van der Waals surface area (Å²) in [6.45, 7) is 0. The Bertz CT molecular complexity index is 358. The van der Waals surface area contributed by atoms with Gasteiger partial charge in [-0.1, -0.05) is 10.6 Å². The van der Waals surface area contributed by atoms with E-state index in [4.69, 9.17) is 0 Å². The van der Waals surface area contributed by atoms with Crippen LogP contribution in [0.2, 0.25) is 0 Å². The van der Waals surface area contributed by atoms with Crippen LogP contribution in [0.4, 0.5) is 0 Å². The third-order valence-electron chi connectivity index (χ3n) is 1.95. The Kier molecular flexibility index (Phi) is 3.23. The van der Waals surface area contributed by atoms with Crippen LogP contribution in [0.15, 0.2) is 23.7 Å². The molecule has 0 aliphatic heterocycles. The van der Waals surface area contributed by atoms with Gasteiger partial charge >= 0.3 is 0 Å². The maximum absolute atomic E-state index is 9.74. The van der Waals surface area contributed by atoms with Crippen LogP contribution in [0.1, 0.15) is 22.3 Å². The van der Waals surface area contributed by atoms with Crippen molar-refractivity contribution in [3.8, 4) is 0 Å². The van der Waals surface area contributed by atoms with Gasteiger partial charge in [-0.05, 0) is 35.8 Å². The summed E-state index contributed by atoms with van der Waals surface area (Å²) in [4.78, 5) is 2.16. The van der Waals surface area contributed by atoms with Gasteiger partial charge in [-0.15, -0.1) is 16.4 Å². The molecule has 0 aromatic carbocycles. The number of aliphatic hydroxyl groups excluding tert-OH is 1. The maximum atomic E-state index is 9.74. The van der Waals surface area contributed by atoms with Crippen molar-refractivity contribution in [3.63, 3.8) is 0 Å². The zero-order chi connectivity index (χ0) is 9.80. The van der Waals surface area contributed by atoms with Crippen molar-refractivity contribution < 1.29 is 5.11 Å². The van der Waals surface area contributed by atoms with E-state index in [9.17, 15) is 5.11 Å². The fraction of sp³-hybridized carbons (Fsp3) is 0.333. The van der Waals surface area contributed by atoms with Crippen molar-refractivity contribution in [1.82, 2.24) is 9.59 Å². The first kappa shape index (κ1) is 9.76. The summed E-state index contributed by atoms with van der Waals surface area (Å²) in [6, 6.07) is 4.11. The third kappa shape index (κ3) is 2.37. The van der Waals surface area contributed by atoms with E-state index in [1.807, 2.05) is 6.07 Å². The van der Waals surface area contributed by atoms with Crippen LogP contribution in [0, 0.1) is 0 Å². The maximum Gasteiger partial charge on any atom is 0.0917 e. The lowest BCUT2D eigenvalue weighted by Gasteiger charge is -2.04. The van der Waals surface area contributed by atoms with E-state index in [1.165, 1.54) is 16.4 Å². The molecule has 0 aliphatic rings. The average Bonchev–Trinajstić information content (AvgIpc) is 2.87. The molecule has 14 heavy (non-hydrogen) atoms. The van der Waals surface area contributed by atoms with Crippen LogP contribution < -0.4 is 0 Å². The fourth-order valence-electron chi connectivity index (χ4n) is 1.20. The molecule has 1 unspecified atom stereocenters. The standard InChI is InChI=1S/C9H10N2OS2/c12-8(9-6-10-11-14-9)4-3-7-2-1-5-13-7/h1-2,5-6,8,12H,3-4H2. The summed E-state index contributed by atoms with van der Waals surface area (Å²) in [7, 11) is 0. The molecule has 3 nitrogen and oxygen atoms in total. The molecular weight excluding hydrogens is 216 g/mol. The average molecular weight is 226 g/mol. The van der Waals surface area contributed by atoms with Crippen molar-refractivity contribution >= 4 is 22.9 Å². The zero-order valence-corrected chi connectivity index (χ0v) is 9.09. The minimum absolute atomic E-state index is 0.419. The van der Waals surface area contributed by atoms with Crippen LogP contribution in [-0.4, -0.2) is 14.7 Å². The van der Waals surface area contributed by atoms with E-state index in [-0.39, 0.29) is 0 Å². The highest BCUT2D eigenvalue weighted by Gasteiger charge is 2.10. The van der Waals surface area contributed by atoms with Crippen LogP contribution in [0.25, 0.3) is 0 Å². The number of rotatable bonds is 4. The molecule has 74 valence electrons. The number of aryl methyl sites for hydroxylation is 1. The van der Waals surface area contributed by atoms with Crippen molar-refractivity contribution in [2.24, 2.45) is 0 Å². The van der Waals surface area contributed by atoms with Crippen LogP contribution >= 0.6 is 22.9 Å². The van der Waals surface area contributed by atoms with E-state index in [0.717, 1.165) is 17.7 Å². The topological polar surface area (TPSA) is 46.0 Å². The predicted molar refractivity (Wildman–Crippen MR) is 57.5 cm³/mol. The first-order chi connectivity index (χ1) is 6.86. The van der Waals surface area contributed by atoms with E-state index < -0.39 is 6.10 Å². The lowest BCUT2D eigenvalue weighted by atomic mass is 10.1. The number of aliphatic hydroxyl groups is 1. The van der Waals surface area contributed by atoms with E-state index in [0.29, 0.717) is 0 Å². The summed E-state index contributed by atoms with van der Waals surface area (Å²) in [6.07, 6.45) is 2.86. The summed E-state index contributed by atoms with van der Waals surface area (Å²) < 4.78 is 3.72. The number of hydrogen-bond acceptors (Lipinski definition) is 5. The fourth-order valence-corrected chi connectivity index (χ4v) is 2.44. The van der Waals surface area contributed by atoms with E-state index in [1.54, 1.807) is 17.5 Å². The molecule has 2 aromatic rings. The molecule has 0 fully saturated rings. The Morgan fingerprint density at radius 3 is 3.07 bits per heavy atom. The number of aromatic nitrogens is 2. The number of nitrogens with zero attached hydrogens (tertiary/aromatic N) is 2. The lowest BCUT2D eigenvalue weighted by Crippen LogP contribution is -1.96. The molecule has 0 bridgehead atoms. The van der Waals surface area contributed by atoms with Gasteiger partial charge in [0.25, 0.3) is 0 Å². The highest BCUT2D eigenvalue weighted by Crippen LogP contribution is 2.22. The van der Waals surface area contributed by atoms with Crippen LogP contribution in [0.5, 0.6) is 0 Å². The molecule has 1 N–H and O–H groups in total. The first-order valence-electron chi connectivity index (χ1n) is 4.34. The largest absolute Gasteiger partial charge is 0.387 e. The van der Waals surface area contributed by atoms with Gasteiger partial charge in [0.05, 0.1) is 17.2 Å². The number of thiophene rings is 1. The van der Waals surface area contributed by atoms with Gasteiger partial charge in [0.15, 0.2) is 0 Å². The Morgan fingerprint density at radius 2 is 2.43 bits per heavy atom. The monoisotopic (exact) mass is 226 g/mol. The second kappa shape index (κ2) is 4.63. The lowest BCUT2D eigenvalue weighted by molar-refractivity contribution is 0.171. The highest BCUT2D eigenvalue weighted by atomic mass is 32.1. The molecule has 2 rings (SSSR count). The molecule has 1 atom stereocenters. The van der Waals surface area contributed by atoms with Gasteiger partial charge in [0.1, 0.15) is 0 Å². The second-order valence-corrected chi connectivity index (χ2v) is 4.80. The molecule has 5 heteroatoms. The Labute approximate surface area is 90.2 Å². The minimum Gasteiger partial charge on any atom is -0.387 e. The normalized spacial score (nSPS) is 12.9. The van der Waals surface area contributed by atoms with Crippen LogP contribution in [-0.2, 0) is 6.42 Å². The summed E-state index contributed by atoms with van der Waals surface area (Å²) in [5, 5.41) is 15.5. The molecule has 0 saturated heterocycles. The van der Waals surface area contributed by atoms with Gasteiger partial charge in [-0.2, -0.15) is 0 Å². The highest BCUT2D eigenvalue weighted by molar-refractivity contribution is 7.09. The first-order valence-corrected chi connectivity index (χ1v) is 5.99. The summed E-state index contributed by atoms with van der Waals surface area (Å²) in [5.41, 5.74) is 0. The van der Waals surface area contributed by atoms with Gasteiger partial charge in [-0.25, -0.2) is 0 Å². The van der Waals surface area contributed by atoms with Crippen molar-refractivity contribution in [2.45, 2.75) is 18.9 Å². The molecule has 2 aromatic heterocycles. The summed E-state index contributed by atoms with van der Waals surface area (Å²) in [5.74, 6) is 0. The number of hydrogen-bond donors (Lipinski definition) is 1. The predicted octanol–water partition coefficient (Wildman–Crippen LogP) is 2.27. The van der Waals surface area contributed by atoms with E-state index in [2.05, 4.69) is 21.0 Å².